The molecule has 0 bridgehead atoms. The maximum Gasteiger partial charge on any atom is 0.343 e. The Labute approximate surface area is 198 Å². The number of hydrogen-bond donors (Lipinski definition) is 3. The molecule has 178 valence electrons. The molecule has 0 fully saturated rings. The highest BCUT2D eigenvalue weighted by molar-refractivity contribution is 6.08. The van der Waals surface area contributed by atoms with Gasteiger partial charge in [-0.05, 0) is 48.9 Å². The number of ether oxygens (including phenoxy) is 1. The summed E-state index contributed by atoms with van der Waals surface area (Å²) in [7, 11) is 0. The predicted octanol–water partition coefficient (Wildman–Crippen LogP) is 1.48. The molecular weight excluding hydrogens is 451 g/mol. The van der Waals surface area contributed by atoms with E-state index >= 15 is 0 Å². The van der Waals surface area contributed by atoms with Gasteiger partial charge in [0.1, 0.15) is 12.4 Å². The normalized spacial score (nSPS) is 22.7. The summed E-state index contributed by atoms with van der Waals surface area (Å²) in [6, 6.07) is 3.08. The first-order valence-corrected chi connectivity index (χ1v) is 11.9. The third-order valence-electron chi connectivity index (χ3n) is 8.16. The van der Waals surface area contributed by atoms with E-state index in [1.807, 2.05) is 0 Å². The molecule has 4 aromatic rings. The van der Waals surface area contributed by atoms with Crippen LogP contribution in [0, 0.1) is 12.7 Å². The largest absolute Gasteiger partial charge is 0.458 e. The van der Waals surface area contributed by atoms with Crippen LogP contribution in [0.3, 0.4) is 0 Å². The Morgan fingerprint density at radius 2 is 2.11 bits per heavy atom. The van der Waals surface area contributed by atoms with Gasteiger partial charge in [-0.15, -0.1) is 0 Å². The number of fused-ring (bicyclic) bond motifs is 4. The number of nitrogens with one attached hydrogen (secondary N) is 1. The van der Waals surface area contributed by atoms with Gasteiger partial charge in [-0.1, -0.05) is 6.92 Å². The minimum Gasteiger partial charge on any atom is -0.458 e. The predicted molar refractivity (Wildman–Crippen MR) is 127 cm³/mol. The van der Waals surface area contributed by atoms with Crippen LogP contribution in [-0.4, -0.2) is 27.0 Å². The van der Waals surface area contributed by atoms with Gasteiger partial charge >= 0.3 is 5.97 Å². The van der Waals surface area contributed by atoms with Gasteiger partial charge in [0.15, 0.2) is 5.60 Å². The molecule has 0 amide bonds. The van der Waals surface area contributed by atoms with E-state index in [4.69, 9.17) is 15.5 Å². The van der Waals surface area contributed by atoms with E-state index in [0.717, 1.165) is 34.0 Å². The van der Waals surface area contributed by atoms with Crippen LogP contribution >= 0.6 is 0 Å². The molecule has 3 aromatic heterocycles. The van der Waals surface area contributed by atoms with E-state index in [2.05, 4.69) is 5.32 Å². The summed E-state index contributed by atoms with van der Waals surface area (Å²) in [6.45, 7) is 3.43. The van der Waals surface area contributed by atoms with E-state index in [0.29, 0.717) is 33.9 Å². The third kappa shape index (κ3) is 2.30. The molecule has 2 aliphatic heterocycles. The van der Waals surface area contributed by atoms with Crippen LogP contribution in [0.4, 0.5) is 4.39 Å². The highest BCUT2D eigenvalue weighted by atomic mass is 19.1. The molecule has 0 spiro atoms. The van der Waals surface area contributed by atoms with Crippen molar-refractivity contribution in [2.24, 2.45) is 5.73 Å². The molecule has 9 heteroatoms. The van der Waals surface area contributed by atoms with E-state index in [1.54, 1.807) is 24.3 Å². The van der Waals surface area contributed by atoms with Crippen molar-refractivity contribution >= 4 is 39.0 Å². The van der Waals surface area contributed by atoms with Gasteiger partial charge in [0, 0.05) is 28.9 Å². The van der Waals surface area contributed by atoms with Crippen LogP contribution in [-0.2, 0) is 28.2 Å². The summed E-state index contributed by atoms with van der Waals surface area (Å²) >= 11 is 0. The lowest BCUT2D eigenvalue weighted by atomic mass is 9.81. The Morgan fingerprint density at radius 1 is 1.31 bits per heavy atom. The molecular formula is C26H23FN4O4. The highest BCUT2D eigenvalue weighted by Crippen LogP contribution is 2.43. The molecule has 1 aromatic carbocycles. The lowest BCUT2D eigenvalue weighted by Crippen LogP contribution is -2.45. The fraction of sp³-hybridized carbons (Fsp3) is 0.346. The van der Waals surface area contributed by atoms with Crippen LogP contribution in [0.2, 0.25) is 0 Å². The summed E-state index contributed by atoms with van der Waals surface area (Å²) in [5.41, 5.74) is 9.14. The first-order valence-electron chi connectivity index (χ1n) is 11.9. The molecule has 7 rings (SSSR count). The summed E-state index contributed by atoms with van der Waals surface area (Å²) in [5.74, 6) is -1.08. The molecule has 2 atom stereocenters. The maximum atomic E-state index is 14.9. The first kappa shape index (κ1) is 20.8. The SMILES string of the molecule is CC[C@@]1(O)C(=O)OCc2c1cc1c3nc4cc(F)c(C)c5c4c4c3c(n1c2=O)=C(CN)N[C@H]4CC5. The first-order chi connectivity index (χ1) is 16.8. The van der Waals surface area contributed by atoms with Gasteiger partial charge < -0.3 is 20.9 Å². The Bertz CT molecular complexity index is 1790. The summed E-state index contributed by atoms with van der Waals surface area (Å²) in [5, 5.41) is 17.1. The molecule has 0 saturated heterocycles. The molecule has 0 saturated carbocycles. The summed E-state index contributed by atoms with van der Waals surface area (Å²) in [4.78, 5) is 31.3. The fourth-order valence-corrected chi connectivity index (χ4v) is 6.35. The van der Waals surface area contributed by atoms with Crippen LogP contribution in [0.15, 0.2) is 16.9 Å². The van der Waals surface area contributed by atoms with Crippen molar-refractivity contribution in [3.63, 3.8) is 0 Å². The van der Waals surface area contributed by atoms with Crippen LogP contribution in [0.5, 0.6) is 0 Å². The van der Waals surface area contributed by atoms with Crippen molar-refractivity contribution in [2.75, 3.05) is 6.54 Å². The number of aryl methyl sites for hydroxylation is 1. The van der Waals surface area contributed by atoms with Gasteiger partial charge in [0.25, 0.3) is 5.56 Å². The van der Waals surface area contributed by atoms with Gasteiger partial charge in [-0.2, -0.15) is 0 Å². The molecule has 0 radical (unpaired) electrons. The van der Waals surface area contributed by atoms with Crippen molar-refractivity contribution < 1.29 is 19.0 Å². The van der Waals surface area contributed by atoms with Gasteiger partial charge in [0.05, 0.1) is 39.2 Å². The number of carbonyl (C=O) groups is 1. The number of nitrogens with two attached hydrogens (primary N) is 1. The van der Waals surface area contributed by atoms with E-state index in [9.17, 15) is 19.1 Å². The smallest absolute Gasteiger partial charge is 0.343 e. The zero-order valence-corrected chi connectivity index (χ0v) is 19.3. The minimum absolute atomic E-state index is 0.0361. The second kappa shape index (κ2) is 6.56. The van der Waals surface area contributed by atoms with Gasteiger partial charge in [-0.3, -0.25) is 9.20 Å². The number of nitrogens with zero attached hydrogens (tertiary/aromatic N) is 2. The average Bonchev–Trinajstić information content (AvgIpc) is 3.19. The number of pyridine rings is 2. The molecule has 3 aliphatic rings. The number of esters is 1. The van der Waals surface area contributed by atoms with E-state index in [1.165, 1.54) is 6.07 Å². The van der Waals surface area contributed by atoms with Crippen molar-refractivity contribution in [2.45, 2.75) is 51.4 Å². The Balaban J connectivity index is 1.78. The maximum absolute atomic E-state index is 14.9. The number of cyclic esters (lactones) is 1. The van der Waals surface area contributed by atoms with Gasteiger partial charge in [-0.25, -0.2) is 14.2 Å². The summed E-state index contributed by atoms with van der Waals surface area (Å²) in [6.07, 6.45) is 1.53. The molecule has 5 heterocycles. The second-order valence-electron chi connectivity index (χ2n) is 9.72. The van der Waals surface area contributed by atoms with Crippen molar-refractivity contribution in [3.05, 3.63) is 61.5 Å². The topological polar surface area (TPSA) is 119 Å². The van der Waals surface area contributed by atoms with Gasteiger partial charge in [0.2, 0.25) is 0 Å². The Hall–Kier alpha value is -3.56. The monoisotopic (exact) mass is 474 g/mol. The number of hydrogen-bond acceptors (Lipinski definition) is 7. The van der Waals surface area contributed by atoms with Crippen LogP contribution < -0.4 is 22.0 Å². The van der Waals surface area contributed by atoms with Crippen LogP contribution in [0.25, 0.3) is 33.0 Å². The standard InChI is InChI=1S/C26H23FN4O4/c1-3-26(34)13-6-18-22-21-20-15(5-4-11-10(2)14(27)7-16(30-22)19(11)20)29-17(8-28)23(21)31(18)24(32)12(13)9-35-25(26)33/h6-7,15,29,34H,3-5,8-9,28H2,1-2H3/t15-,26-/m0/s1. The van der Waals surface area contributed by atoms with E-state index < -0.39 is 11.6 Å². The van der Waals surface area contributed by atoms with E-state index in [-0.39, 0.29) is 48.1 Å². The second-order valence-corrected chi connectivity index (χ2v) is 9.72. The van der Waals surface area contributed by atoms with Crippen molar-refractivity contribution in [1.82, 2.24) is 14.7 Å². The number of benzene rings is 1. The zero-order chi connectivity index (χ0) is 24.4. The lowest BCUT2D eigenvalue weighted by molar-refractivity contribution is -0.172. The summed E-state index contributed by atoms with van der Waals surface area (Å²) < 4.78 is 21.6. The molecule has 0 unspecified atom stereocenters. The number of halogens is 1. The molecule has 35 heavy (non-hydrogen) atoms. The highest BCUT2D eigenvalue weighted by Gasteiger charge is 2.45. The van der Waals surface area contributed by atoms with Crippen LogP contribution in [0.1, 0.15) is 53.6 Å². The fourth-order valence-electron chi connectivity index (χ4n) is 6.35. The number of aromatic nitrogens is 2. The Kier molecular flexibility index (Phi) is 3.89. The number of rotatable bonds is 2. The molecule has 1 aliphatic carbocycles. The average molecular weight is 474 g/mol. The van der Waals surface area contributed by atoms with Crippen molar-refractivity contribution in [1.29, 1.82) is 0 Å². The lowest BCUT2D eigenvalue weighted by Gasteiger charge is -2.32. The zero-order valence-electron chi connectivity index (χ0n) is 19.3. The number of aliphatic hydroxyl groups is 1. The Morgan fingerprint density at radius 3 is 2.86 bits per heavy atom. The van der Waals surface area contributed by atoms with Crippen molar-refractivity contribution in [3.8, 4) is 0 Å². The molecule has 4 N–H and O–H groups in total. The number of carbonyl (C=O) groups excluding carboxylic acids is 1. The molecule has 8 nitrogen and oxygen atoms in total. The third-order valence-corrected chi connectivity index (χ3v) is 8.16. The quantitative estimate of drug-likeness (QED) is 0.377. The minimum atomic E-state index is -1.92.